The fourth-order valence-corrected chi connectivity index (χ4v) is 4.18. The standard InChI is InChI=1S/C14H22N2O2S/c1-11-5-6-13(9-12(11)2)19(17,18)16-14(10-15)7-3-4-8-14/h5-6,9,16H,3-4,7-8,10,15H2,1-2H3. The minimum Gasteiger partial charge on any atom is -0.329 e. The zero-order valence-corrected chi connectivity index (χ0v) is 12.4. The summed E-state index contributed by atoms with van der Waals surface area (Å²) in [5.41, 5.74) is 7.41. The lowest BCUT2D eigenvalue weighted by Crippen LogP contribution is -2.51. The second kappa shape index (κ2) is 5.23. The van der Waals surface area contributed by atoms with Crippen LogP contribution in [0.2, 0.25) is 0 Å². The summed E-state index contributed by atoms with van der Waals surface area (Å²) in [6.07, 6.45) is 3.72. The molecule has 0 radical (unpaired) electrons. The Morgan fingerprint density at radius 1 is 1.21 bits per heavy atom. The van der Waals surface area contributed by atoms with Crippen molar-refractivity contribution in [1.29, 1.82) is 0 Å². The summed E-state index contributed by atoms with van der Waals surface area (Å²) in [5.74, 6) is 0. The number of rotatable bonds is 4. The van der Waals surface area contributed by atoms with Gasteiger partial charge in [-0.25, -0.2) is 13.1 Å². The first kappa shape index (κ1) is 14.5. The van der Waals surface area contributed by atoms with Gasteiger partial charge in [-0.15, -0.1) is 0 Å². The molecule has 5 heteroatoms. The quantitative estimate of drug-likeness (QED) is 0.885. The van der Waals surface area contributed by atoms with Crippen LogP contribution in [-0.2, 0) is 10.0 Å². The minimum atomic E-state index is -3.48. The molecular weight excluding hydrogens is 260 g/mol. The highest BCUT2D eigenvalue weighted by molar-refractivity contribution is 7.89. The van der Waals surface area contributed by atoms with Crippen molar-refractivity contribution in [3.8, 4) is 0 Å². The van der Waals surface area contributed by atoms with E-state index in [1.807, 2.05) is 19.9 Å². The first-order valence-corrected chi connectivity index (χ1v) is 8.18. The first-order chi connectivity index (χ1) is 8.88. The van der Waals surface area contributed by atoms with Gasteiger partial charge in [0, 0.05) is 12.1 Å². The van der Waals surface area contributed by atoms with Crippen molar-refractivity contribution in [2.45, 2.75) is 50.0 Å². The van der Waals surface area contributed by atoms with E-state index < -0.39 is 15.6 Å². The van der Waals surface area contributed by atoms with Gasteiger partial charge in [-0.2, -0.15) is 0 Å². The molecule has 1 aliphatic carbocycles. The molecule has 1 fully saturated rings. The molecule has 0 saturated heterocycles. The highest BCUT2D eigenvalue weighted by Gasteiger charge is 2.36. The summed E-state index contributed by atoms with van der Waals surface area (Å²) in [6.45, 7) is 4.25. The molecule has 1 aliphatic rings. The van der Waals surface area contributed by atoms with E-state index in [-0.39, 0.29) is 0 Å². The van der Waals surface area contributed by atoms with Crippen molar-refractivity contribution in [2.24, 2.45) is 5.73 Å². The van der Waals surface area contributed by atoms with E-state index in [0.29, 0.717) is 11.4 Å². The van der Waals surface area contributed by atoms with Gasteiger partial charge < -0.3 is 5.73 Å². The Morgan fingerprint density at radius 2 is 1.84 bits per heavy atom. The van der Waals surface area contributed by atoms with Gasteiger partial charge in [0.25, 0.3) is 0 Å². The van der Waals surface area contributed by atoms with Crippen LogP contribution in [-0.4, -0.2) is 20.5 Å². The van der Waals surface area contributed by atoms with Crippen molar-refractivity contribution in [1.82, 2.24) is 4.72 Å². The van der Waals surface area contributed by atoms with Gasteiger partial charge in [-0.05, 0) is 49.9 Å². The SMILES string of the molecule is Cc1ccc(S(=O)(=O)NC2(CN)CCCC2)cc1C. The largest absolute Gasteiger partial charge is 0.329 e. The lowest BCUT2D eigenvalue weighted by molar-refractivity contribution is 0.399. The van der Waals surface area contributed by atoms with Crippen LogP contribution in [0, 0.1) is 13.8 Å². The number of hydrogen-bond donors (Lipinski definition) is 2. The lowest BCUT2D eigenvalue weighted by Gasteiger charge is -2.28. The Hall–Kier alpha value is -0.910. The monoisotopic (exact) mass is 282 g/mol. The third-order valence-corrected chi connectivity index (χ3v) is 5.67. The topological polar surface area (TPSA) is 72.2 Å². The smallest absolute Gasteiger partial charge is 0.241 e. The molecular formula is C14H22N2O2S. The fourth-order valence-electron chi connectivity index (χ4n) is 2.62. The van der Waals surface area contributed by atoms with Crippen LogP contribution in [0.5, 0.6) is 0 Å². The average molecular weight is 282 g/mol. The minimum absolute atomic E-state index is 0.329. The first-order valence-electron chi connectivity index (χ1n) is 6.70. The Kier molecular flexibility index (Phi) is 3.99. The third-order valence-electron chi connectivity index (χ3n) is 4.09. The lowest BCUT2D eigenvalue weighted by atomic mass is 10.0. The van der Waals surface area contributed by atoms with Crippen LogP contribution in [0.3, 0.4) is 0 Å². The molecule has 4 nitrogen and oxygen atoms in total. The molecule has 0 aromatic heterocycles. The molecule has 0 amide bonds. The van der Waals surface area contributed by atoms with E-state index in [1.165, 1.54) is 0 Å². The molecule has 0 bridgehead atoms. The van der Waals surface area contributed by atoms with Crippen LogP contribution in [0.15, 0.2) is 23.1 Å². The maximum absolute atomic E-state index is 12.4. The van der Waals surface area contributed by atoms with Gasteiger partial charge >= 0.3 is 0 Å². The summed E-state index contributed by atoms with van der Waals surface area (Å²) < 4.78 is 27.7. The molecule has 0 aliphatic heterocycles. The maximum atomic E-state index is 12.4. The van der Waals surface area contributed by atoms with Crippen LogP contribution < -0.4 is 10.5 Å². The highest BCUT2D eigenvalue weighted by atomic mass is 32.2. The van der Waals surface area contributed by atoms with Crippen molar-refractivity contribution < 1.29 is 8.42 Å². The Bertz CT molecular complexity index is 561. The molecule has 0 heterocycles. The van der Waals surface area contributed by atoms with E-state index in [4.69, 9.17) is 5.73 Å². The number of aryl methyl sites for hydroxylation is 2. The van der Waals surface area contributed by atoms with Gasteiger partial charge in [0.2, 0.25) is 10.0 Å². The predicted molar refractivity (Wildman–Crippen MR) is 76.5 cm³/mol. The van der Waals surface area contributed by atoms with Gasteiger partial charge in [0.15, 0.2) is 0 Å². The Labute approximate surface area is 115 Å². The Balaban J connectivity index is 2.29. The summed E-state index contributed by atoms with van der Waals surface area (Å²) in [4.78, 5) is 0.329. The molecule has 0 atom stereocenters. The number of hydrogen-bond acceptors (Lipinski definition) is 3. The van der Waals surface area contributed by atoms with Gasteiger partial charge in [0.1, 0.15) is 0 Å². The van der Waals surface area contributed by atoms with Crippen molar-refractivity contribution >= 4 is 10.0 Å². The van der Waals surface area contributed by atoms with Crippen LogP contribution in [0.4, 0.5) is 0 Å². The van der Waals surface area contributed by atoms with Gasteiger partial charge in [-0.1, -0.05) is 18.9 Å². The fraction of sp³-hybridized carbons (Fsp3) is 0.571. The molecule has 3 N–H and O–H groups in total. The molecule has 1 aromatic carbocycles. The number of nitrogens with one attached hydrogen (secondary N) is 1. The van der Waals surface area contributed by atoms with Gasteiger partial charge in [-0.3, -0.25) is 0 Å². The van der Waals surface area contributed by atoms with Crippen LogP contribution in [0.25, 0.3) is 0 Å². The molecule has 2 rings (SSSR count). The number of nitrogens with two attached hydrogens (primary N) is 1. The predicted octanol–water partition coefficient (Wildman–Crippen LogP) is 1.85. The normalized spacial score (nSPS) is 18.7. The third kappa shape index (κ3) is 2.99. The van der Waals surface area contributed by atoms with Crippen LogP contribution in [0.1, 0.15) is 36.8 Å². The van der Waals surface area contributed by atoms with Crippen LogP contribution >= 0.6 is 0 Å². The van der Waals surface area contributed by atoms with E-state index in [1.54, 1.807) is 12.1 Å². The summed E-state index contributed by atoms with van der Waals surface area (Å²) >= 11 is 0. The van der Waals surface area contributed by atoms with E-state index >= 15 is 0 Å². The molecule has 1 saturated carbocycles. The second-order valence-electron chi connectivity index (χ2n) is 5.54. The van der Waals surface area contributed by atoms with E-state index in [2.05, 4.69) is 4.72 Å². The zero-order valence-electron chi connectivity index (χ0n) is 11.6. The summed E-state index contributed by atoms with van der Waals surface area (Å²) in [6, 6.07) is 5.22. The van der Waals surface area contributed by atoms with Crippen molar-refractivity contribution in [3.63, 3.8) is 0 Å². The molecule has 0 unspecified atom stereocenters. The molecule has 0 spiro atoms. The average Bonchev–Trinajstić information content (AvgIpc) is 2.81. The number of sulfonamides is 1. The summed E-state index contributed by atoms with van der Waals surface area (Å²) in [7, 11) is -3.48. The van der Waals surface area contributed by atoms with Crippen molar-refractivity contribution in [2.75, 3.05) is 6.54 Å². The molecule has 19 heavy (non-hydrogen) atoms. The van der Waals surface area contributed by atoms with E-state index in [9.17, 15) is 8.42 Å². The second-order valence-corrected chi connectivity index (χ2v) is 7.23. The van der Waals surface area contributed by atoms with Crippen molar-refractivity contribution in [3.05, 3.63) is 29.3 Å². The summed E-state index contributed by atoms with van der Waals surface area (Å²) in [5, 5.41) is 0. The maximum Gasteiger partial charge on any atom is 0.241 e. The molecule has 106 valence electrons. The number of benzene rings is 1. The van der Waals surface area contributed by atoms with Gasteiger partial charge in [0.05, 0.1) is 4.90 Å². The Morgan fingerprint density at radius 3 is 2.37 bits per heavy atom. The zero-order chi connectivity index (χ0) is 14.1. The highest BCUT2D eigenvalue weighted by Crippen LogP contribution is 2.30. The molecule has 1 aromatic rings. The van der Waals surface area contributed by atoms with E-state index in [0.717, 1.165) is 36.8 Å².